The topological polar surface area (TPSA) is 21.7 Å². The standard InChI is InChI=1S/C15H23NO2/c1-11-8-15(18-4)13(9-14(11)17-3)12-6-5-7-16(2)10-12/h8-9,12H,5-7,10H2,1-4H3/t12-/m0/s1. The van der Waals surface area contributed by atoms with Crippen molar-refractivity contribution in [3.8, 4) is 11.5 Å². The lowest BCUT2D eigenvalue weighted by atomic mass is 9.89. The number of hydrogen-bond acceptors (Lipinski definition) is 3. The van der Waals surface area contributed by atoms with Crippen molar-refractivity contribution in [2.24, 2.45) is 0 Å². The molecular formula is C15H23NO2. The van der Waals surface area contributed by atoms with Crippen LogP contribution < -0.4 is 9.47 Å². The second kappa shape index (κ2) is 5.61. The summed E-state index contributed by atoms with van der Waals surface area (Å²) in [4.78, 5) is 2.39. The summed E-state index contributed by atoms with van der Waals surface area (Å²) >= 11 is 0. The predicted octanol–water partition coefficient (Wildman–Crippen LogP) is 2.82. The van der Waals surface area contributed by atoms with Crippen LogP contribution in [0.1, 0.15) is 29.9 Å². The predicted molar refractivity (Wildman–Crippen MR) is 73.8 cm³/mol. The lowest BCUT2D eigenvalue weighted by Gasteiger charge is -2.31. The van der Waals surface area contributed by atoms with Gasteiger partial charge in [-0.1, -0.05) is 0 Å². The highest BCUT2D eigenvalue weighted by molar-refractivity contribution is 5.47. The van der Waals surface area contributed by atoms with E-state index in [1.165, 1.54) is 24.9 Å². The van der Waals surface area contributed by atoms with Gasteiger partial charge in [0.2, 0.25) is 0 Å². The minimum Gasteiger partial charge on any atom is -0.496 e. The molecule has 1 fully saturated rings. The van der Waals surface area contributed by atoms with Crippen molar-refractivity contribution in [1.82, 2.24) is 4.90 Å². The van der Waals surface area contributed by atoms with Gasteiger partial charge < -0.3 is 14.4 Å². The van der Waals surface area contributed by atoms with E-state index in [9.17, 15) is 0 Å². The summed E-state index contributed by atoms with van der Waals surface area (Å²) in [6.45, 7) is 4.35. The summed E-state index contributed by atoms with van der Waals surface area (Å²) < 4.78 is 11.0. The quantitative estimate of drug-likeness (QED) is 0.822. The van der Waals surface area contributed by atoms with Crippen LogP contribution in [0.4, 0.5) is 0 Å². The van der Waals surface area contributed by atoms with Crippen molar-refractivity contribution in [3.05, 3.63) is 23.3 Å². The van der Waals surface area contributed by atoms with E-state index < -0.39 is 0 Å². The van der Waals surface area contributed by atoms with Crippen LogP contribution in [0.15, 0.2) is 12.1 Å². The number of nitrogens with zero attached hydrogens (tertiary/aromatic N) is 1. The maximum absolute atomic E-state index is 5.54. The van der Waals surface area contributed by atoms with Crippen LogP contribution in [-0.2, 0) is 0 Å². The van der Waals surface area contributed by atoms with E-state index in [-0.39, 0.29) is 0 Å². The number of aryl methyl sites for hydroxylation is 1. The van der Waals surface area contributed by atoms with Crippen LogP contribution in [0.3, 0.4) is 0 Å². The molecule has 0 spiro atoms. The molecule has 2 rings (SSSR count). The number of methoxy groups -OCH3 is 2. The summed E-state index contributed by atoms with van der Waals surface area (Å²) in [5, 5.41) is 0. The van der Waals surface area contributed by atoms with Crippen LogP contribution in [0.2, 0.25) is 0 Å². The molecule has 0 aromatic heterocycles. The Morgan fingerprint density at radius 1 is 1.17 bits per heavy atom. The van der Waals surface area contributed by atoms with Crippen LogP contribution in [0, 0.1) is 6.92 Å². The molecule has 0 saturated carbocycles. The van der Waals surface area contributed by atoms with Gasteiger partial charge in [0.15, 0.2) is 0 Å². The average molecular weight is 249 g/mol. The first-order valence-electron chi connectivity index (χ1n) is 6.56. The molecule has 1 heterocycles. The molecule has 18 heavy (non-hydrogen) atoms. The molecule has 0 radical (unpaired) electrons. The first-order chi connectivity index (χ1) is 8.65. The van der Waals surface area contributed by atoms with Crippen molar-refractivity contribution in [2.75, 3.05) is 34.4 Å². The third-order valence-electron chi connectivity index (χ3n) is 3.81. The lowest BCUT2D eigenvalue weighted by molar-refractivity contribution is 0.247. The molecular weight excluding hydrogens is 226 g/mol. The highest BCUT2D eigenvalue weighted by Gasteiger charge is 2.23. The van der Waals surface area contributed by atoms with Crippen LogP contribution >= 0.6 is 0 Å². The molecule has 1 aromatic carbocycles. The molecule has 3 heteroatoms. The Morgan fingerprint density at radius 2 is 1.89 bits per heavy atom. The maximum atomic E-state index is 5.54. The second-order valence-electron chi connectivity index (χ2n) is 5.17. The Kier molecular flexibility index (Phi) is 4.12. The second-order valence-corrected chi connectivity index (χ2v) is 5.17. The molecule has 0 aliphatic carbocycles. The van der Waals surface area contributed by atoms with E-state index in [1.807, 2.05) is 0 Å². The number of rotatable bonds is 3. The minimum atomic E-state index is 0.549. The van der Waals surface area contributed by atoms with Crippen molar-refractivity contribution in [1.29, 1.82) is 0 Å². The molecule has 0 unspecified atom stereocenters. The van der Waals surface area contributed by atoms with E-state index in [4.69, 9.17) is 9.47 Å². The van der Waals surface area contributed by atoms with Gasteiger partial charge in [0.25, 0.3) is 0 Å². The third-order valence-corrected chi connectivity index (χ3v) is 3.81. The molecule has 1 aromatic rings. The smallest absolute Gasteiger partial charge is 0.122 e. The van der Waals surface area contributed by atoms with Gasteiger partial charge in [-0.3, -0.25) is 0 Å². The van der Waals surface area contributed by atoms with Crippen molar-refractivity contribution < 1.29 is 9.47 Å². The fourth-order valence-corrected chi connectivity index (χ4v) is 2.81. The molecule has 1 aliphatic heterocycles. The van der Waals surface area contributed by atoms with Gasteiger partial charge in [-0.2, -0.15) is 0 Å². The van der Waals surface area contributed by atoms with Gasteiger partial charge in [-0.25, -0.2) is 0 Å². The minimum absolute atomic E-state index is 0.549. The van der Waals surface area contributed by atoms with Crippen molar-refractivity contribution in [3.63, 3.8) is 0 Å². The summed E-state index contributed by atoms with van der Waals surface area (Å²) in [5.41, 5.74) is 2.41. The van der Waals surface area contributed by atoms with E-state index in [1.54, 1.807) is 14.2 Å². The Hall–Kier alpha value is -1.22. The monoisotopic (exact) mass is 249 g/mol. The number of hydrogen-bond donors (Lipinski definition) is 0. The van der Waals surface area contributed by atoms with Gasteiger partial charge in [-0.05, 0) is 51.1 Å². The Bertz CT molecular complexity index is 417. The normalized spacial score (nSPS) is 20.8. The fraction of sp³-hybridized carbons (Fsp3) is 0.600. The van der Waals surface area contributed by atoms with Gasteiger partial charge in [0.05, 0.1) is 14.2 Å². The zero-order chi connectivity index (χ0) is 13.1. The van der Waals surface area contributed by atoms with Crippen LogP contribution in [-0.4, -0.2) is 39.3 Å². The summed E-state index contributed by atoms with van der Waals surface area (Å²) in [6, 6.07) is 4.24. The van der Waals surface area contributed by atoms with Gasteiger partial charge >= 0.3 is 0 Å². The zero-order valence-corrected chi connectivity index (χ0v) is 11.8. The Morgan fingerprint density at radius 3 is 2.50 bits per heavy atom. The van der Waals surface area contributed by atoms with E-state index in [0.717, 1.165) is 23.6 Å². The Labute approximate surface area is 110 Å². The third kappa shape index (κ3) is 2.61. The number of ether oxygens (including phenoxy) is 2. The van der Waals surface area contributed by atoms with Gasteiger partial charge in [-0.15, -0.1) is 0 Å². The number of piperidine rings is 1. The van der Waals surface area contributed by atoms with Crippen molar-refractivity contribution >= 4 is 0 Å². The van der Waals surface area contributed by atoms with Gasteiger partial charge in [0.1, 0.15) is 11.5 Å². The molecule has 100 valence electrons. The first kappa shape index (κ1) is 13.2. The molecule has 0 amide bonds. The molecule has 1 atom stereocenters. The fourth-order valence-electron chi connectivity index (χ4n) is 2.81. The number of benzene rings is 1. The summed E-state index contributed by atoms with van der Waals surface area (Å²) in [7, 11) is 5.66. The number of likely N-dealkylation sites (tertiary alicyclic amines) is 1. The van der Waals surface area contributed by atoms with E-state index >= 15 is 0 Å². The lowest BCUT2D eigenvalue weighted by Crippen LogP contribution is -2.31. The molecule has 0 bridgehead atoms. The Balaban J connectivity index is 2.35. The van der Waals surface area contributed by atoms with E-state index in [2.05, 4.69) is 31.0 Å². The first-order valence-corrected chi connectivity index (χ1v) is 6.56. The maximum Gasteiger partial charge on any atom is 0.122 e. The van der Waals surface area contributed by atoms with Gasteiger partial charge in [0, 0.05) is 18.0 Å². The van der Waals surface area contributed by atoms with Crippen LogP contribution in [0.25, 0.3) is 0 Å². The molecule has 1 aliphatic rings. The molecule has 3 nitrogen and oxygen atoms in total. The zero-order valence-electron chi connectivity index (χ0n) is 11.8. The highest BCUT2D eigenvalue weighted by Crippen LogP contribution is 2.37. The molecule has 0 N–H and O–H groups in total. The molecule has 1 saturated heterocycles. The highest BCUT2D eigenvalue weighted by atomic mass is 16.5. The number of likely N-dealkylation sites (N-methyl/N-ethyl adjacent to an activating group) is 1. The van der Waals surface area contributed by atoms with E-state index in [0.29, 0.717) is 5.92 Å². The average Bonchev–Trinajstić information content (AvgIpc) is 2.38. The van der Waals surface area contributed by atoms with Crippen molar-refractivity contribution in [2.45, 2.75) is 25.7 Å². The van der Waals surface area contributed by atoms with Crippen LogP contribution in [0.5, 0.6) is 11.5 Å². The summed E-state index contributed by atoms with van der Waals surface area (Å²) in [5.74, 6) is 2.50. The largest absolute Gasteiger partial charge is 0.496 e. The SMILES string of the molecule is COc1cc([C@H]2CCCN(C)C2)c(OC)cc1C. The summed E-state index contributed by atoms with van der Waals surface area (Å²) in [6.07, 6.45) is 2.48.